The van der Waals surface area contributed by atoms with Crippen molar-refractivity contribution >= 4 is 11.0 Å². The first-order chi connectivity index (χ1) is 9.13. The second kappa shape index (κ2) is 4.31. The third kappa shape index (κ3) is 2.12. The van der Waals surface area contributed by atoms with E-state index in [1.807, 2.05) is 37.3 Å². The maximum Gasteiger partial charge on any atom is 0.326 e. The average Bonchev–Trinajstić information content (AvgIpc) is 2.68. The van der Waals surface area contributed by atoms with Crippen molar-refractivity contribution in [1.29, 1.82) is 0 Å². The number of nitrogens with zero attached hydrogens (tertiary/aromatic N) is 1. The molecule has 0 atom stereocenters. The number of H-pyrrole nitrogens is 1. The van der Waals surface area contributed by atoms with Gasteiger partial charge in [-0.3, -0.25) is 4.57 Å². The van der Waals surface area contributed by atoms with E-state index in [-0.39, 0.29) is 11.4 Å². The minimum Gasteiger partial charge on any atom is -0.508 e. The van der Waals surface area contributed by atoms with Crippen molar-refractivity contribution in [3.8, 4) is 5.75 Å². The number of rotatable bonds is 2. The molecule has 3 rings (SSSR count). The average molecular weight is 254 g/mol. The molecule has 1 aromatic heterocycles. The second-order valence-electron chi connectivity index (χ2n) is 4.70. The Morgan fingerprint density at radius 1 is 1.16 bits per heavy atom. The van der Waals surface area contributed by atoms with E-state index in [2.05, 4.69) is 4.98 Å². The minimum absolute atomic E-state index is 0.117. The predicted molar refractivity (Wildman–Crippen MR) is 74.5 cm³/mol. The molecule has 4 heteroatoms. The molecule has 96 valence electrons. The number of fused-ring (bicyclic) bond motifs is 1. The van der Waals surface area contributed by atoms with Gasteiger partial charge in [0.25, 0.3) is 0 Å². The van der Waals surface area contributed by atoms with E-state index in [0.29, 0.717) is 6.54 Å². The lowest BCUT2D eigenvalue weighted by molar-refractivity contribution is 0.475. The van der Waals surface area contributed by atoms with Gasteiger partial charge in [0, 0.05) is 0 Å². The normalized spacial score (nSPS) is 11.0. The fourth-order valence-electron chi connectivity index (χ4n) is 2.22. The monoisotopic (exact) mass is 254 g/mol. The van der Waals surface area contributed by atoms with Crippen LogP contribution in [0, 0.1) is 6.92 Å². The van der Waals surface area contributed by atoms with E-state index < -0.39 is 0 Å². The number of hydrogen-bond acceptors (Lipinski definition) is 2. The standard InChI is InChI=1S/C15H14N2O2/c1-10-2-7-14-13(8-10)16-15(19)17(14)9-11-3-5-12(18)6-4-11/h2-8,18H,9H2,1H3,(H,16,19). The van der Waals surface area contributed by atoms with Gasteiger partial charge in [0.2, 0.25) is 0 Å². The molecule has 0 aliphatic heterocycles. The molecular weight excluding hydrogens is 240 g/mol. The second-order valence-corrected chi connectivity index (χ2v) is 4.70. The van der Waals surface area contributed by atoms with Gasteiger partial charge >= 0.3 is 5.69 Å². The molecule has 0 spiro atoms. The van der Waals surface area contributed by atoms with Crippen LogP contribution < -0.4 is 5.69 Å². The van der Waals surface area contributed by atoms with Gasteiger partial charge < -0.3 is 10.1 Å². The molecule has 0 unspecified atom stereocenters. The quantitative estimate of drug-likeness (QED) is 0.737. The molecule has 19 heavy (non-hydrogen) atoms. The van der Waals surface area contributed by atoms with Crippen LogP contribution in [0.5, 0.6) is 5.75 Å². The zero-order valence-electron chi connectivity index (χ0n) is 10.6. The van der Waals surface area contributed by atoms with Gasteiger partial charge in [-0.1, -0.05) is 18.2 Å². The molecular formula is C15H14N2O2. The Morgan fingerprint density at radius 2 is 1.89 bits per heavy atom. The summed E-state index contributed by atoms with van der Waals surface area (Å²) in [5.74, 6) is 0.227. The van der Waals surface area contributed by atoms with Crippen molar-refractivity contribution in [3.05, 3.63) is 64.1 Å². The number of imidazole rings is 1. The van der Waals surface area contributed by atoms with Crippen LogP contribution in [-0.4, -0.2) is 14.7 Å². The van der Waals surface area contributed by atoms with Crippen LogP contribution >= 0.6 is 0 Å². The summed E-state index contributed by atoms with van der Waals surface area (Å²) in [7, 11) is 0. The van der Waals surface area contributed by atoms with Crippen LogP contribution in [0.4, 0.5) is 0 Å². The van der Waals surface area contributed by atoms with Crippen LogP contribution in [0.2, 0.25) is 0 Å². The lowest BCUT2D eigenvalue weighted by Gasteiger charge is -2.04. The molecule has 2 N–H and O–H groups in total. The molecule has 1 heterocycles. The number of hydrogen-bond donors (Lipinski definition) is 2. The Morgan fingerprint density at radius 3 is 2.63 bits per heavy atom. The Kier molecular flexibility index (Phi) is 2.63. The van der Waals surface area contributed by atoms with Crippen molar-refractivity contribution in [2.75, 3.05) is 0 Å². The van der Waals surface area contributed by atoms with Crippen molar-refractivity contribution in [2.24, 2.45) is 0 Å². The summed E-state index contributed by atoms with van der Waals surface area (Å²) in [6, 6.07) is 12.8. The lowest BCUT2D eigenvalue weighted by atomic mass is 10.2. The van der Waals surface area contributed by atoms with Crippen molar-refractivity contribution in [2.45, 2.75) is 13.5 Å². The van der Waals surface area contributed by atoms with Gasteiger partial charge in [-0.25, -0.2) is 4.79 Å². The summed E-state index contributed by atoms with van der Waals surface area (Å²) >= 11 is 0. The molecule has 3 aromatic rings. The highest BCUT2D eigenvalue weighted by molar-refractivity contribution is 5.76. The predicted octanol–water partition coefficient (Wildman–Crippen LogP) is 2.39. The van der Waals surface area contributed by atoms with E-state index in [1.54, 1.807) is 16.7 Å². The summed E-state index contributed by atoms with van der Waals surface area (Å²) < 4.78 is 1.70. The molecule has 0 saturated carbocycles. The zero-order valence-corrected chi connectivity index (χ0v) is 10.6. The highest BCUT2D eigenvalue weighted by Gasteiger charge is 2.07. The Balaban J connectivity index is 2.07. The summed E-state index contributed by atoms with van der Waals surface area (Å²) in [5.41, 5.74) is 3.72. The van der Waals surface area contributed by atoms with Crippen molar-refractivity contribution in [3.63, 3.8) is 0 Å². The van der Waals surface area contributed by atoms with Crippen LogP contribution in [0.3, 0.4) is 0 Å². The summed E-state index contributed by atoms with van der Waals surface area (Å²) in [6.45, 7) is 2.48. The Bertz CT molecular complexity index is 782. The van der Waals surface area contributed by atoms with Crippen LogP contribution in [-0.2, 0) is 6.54 Å². The Labute approximate surface area is 109 Å². The zero-order chi connectivity index (χ0) is 13.4. The number of aromatic amines is 1. The molecule has 0 radical (unpaired) electrons. The van der Waals surface area contributed by atoms with E-state index in [4.69, 9.17) is 0 Å². The smallest absolute Gasteiger partial charge is 0.326 e. The Hall–Kier alpha value is -2.49. The minimum atomic E-state index is -0.117. The topological polar surface area (TPSA) is 58.0 Å². The molecule has 4 nitrogen and oxygen atoms in total. The first-order valence-electron chi connectivity index (χ1n) is 6.10. The largest absolute Gasteiger partial charge is 0.508 e. The third-order valence-corrected chi connectivity index (χ3v) is 3.21. The SMILES string of the molecule is Cc1ccc2c(c1)[nH]c(=O)n2Cc1ccc(O)cc1. The van der Waals surface area contributed by atoms with Crippen LogP contribution in [0.25, 0.3) is 11.0 Å². The maximum atomic E-state index is 12.0. The summed E-state index contributed by atoms with van der Waals surface area (Å²) in [4.78, 5) is 14.8. The van der Waals surface area contributed by atoms with Gasteiger partial charge in [-0.2, -0.15) is 0 Å². The number of aromatic nitrogens is 2. The number of aryl methyl sites for hydroxylation is 1. The molecule has 0 aliphatic carbocycles. The summed E-state index contributed by atoms with van der Waals surface area (Å²) in [6.07, 6.45) is 0. The highest BCUT2D eigenvalue weighted by Crippen LogP contribution is 2.15. The van der Waals surface area contributed by atoms with Gasteiger partial charge in [0.1, 0.15) is 5.75 Å². The first kappa shape index (κ1) is 11.6. The van der Waals surface area contributed by atoms with E-state index in [0.717, 1.165) is 22.2 Å². The van der Waals surface area contributed by atoms with Crippen molar-refractivity contribution in [1.82, 2.24) is 9.55 Å². The van der Waals surface area contributed by atoms with Gasteiger partial charge in [-0.05, 0) is 42.3 Å². The fraction of sp³-hybridized carbons (Fsp3) is 0.133. The molecule has 0 amide bonds. The van der Waals surface area contributed by atoms with E-state index in [1.165, 1.54) is 0 Å². The molecule has 0 aliphatic rings. The molecule has 0 saturated heterocycles. The number of nitrogens with one attached hydrogen (secondary N) is 1. The van der Waals surface area contributed by atoms with E-state index in [9.17, 15) is 9.90 Å². The van der Waals surface area contributed by atoms with Crippen molar-refractivity contribution < 1.29 is 5.11 Å². The lowest BCUT2D eigenvalue weighted by Crippen LogP contribution is -2.17. The maximum absolute atomic E-state index is 12.0. The number of aromatic hydroxyl groups is 1. The molecule has 0 bridgehead atoms. The summed E-state index contributed by atoms with van der Waals surface area (Å²) in [5, 5.41) is 9.26. The number of benzene rings is 2. The van der Waals surface area contributed by atoms with Crippen LogP contribution in [0.1, 0.15) is 11.1 Å². The molecule has 0 fully saturated rings. The first-order valence-corrected chi connectivity index (χ1v) is 6.10. The highest BCUT2D eigenvalue weighted by atomic mass is 16.3. The van der Waals surface area contributed by atoms with E-state index >= 15 is 0 Å². The number of phenols is 1. The fourth-order valence-corrected chi connectivity index (χ4v) is 2.22. The van der Waals surface area contributed by atoms with Crippen LogP contribution in [0.15, 0.2) is 47.3 Å². The molecule has 2 aromatic carbocycles. The van der Waals surface area contributed by atoms with Gasteiger partial charge in [-0.15, -0.1) is 0 Å². The van der Waals surface area contributed by atoms with Gasteiger partial charge in [0.15, 0.2) is 0 Å². The number of phenolic OH excluding ortho intramolecular Hbond substituents is 1. The third-order valence-electron chi connectivity index (χ3n) is 3.21. The van der Waals surface area contributed by atoms with Gasteiger partial charge in [0.05, 0.1) is 17.6 Å².